The molecule has 2 aromatic heterocycles. The van der Waals surface area contributed by atoms with E-state index in [1.54, 1.807) is 0 Å². The second kappa shape index (κ2) is 10.8. The molecule has 1 aliphatic carbocycles. The van der Waals surface area contributed by atoms with Crippen molar-refractivity contribution in [1.82, 2.24) is 9.97 Å². The van der Waals surface area contributed by atoms with Gasteiger partial charge in [-0.15, -0.1) is 0 Å². The fraction of sp³-hybridized carbons (Fsp3) is 0. The van der Waals surface area contributed by atoms with E-state index in [0.717, 1.165) is 22.3 Å². The largest absolute Gasteiger partial charge is 0.265 e. The average Bonchev–Trinajstić information content (AvgIpc) is 3.48. The van der Waals surface area contributed by atoms with Crippen molar-refractivity contribution in [2.75, 3.05) is 0 Å². The standard InChI is InChI=1S/C44H28N2/c1-3-9-31(10-4-1)39-28-40(36-26-34(29-17-21-45-22-18-29)25-35(27-36)30-19-23-46-24-20-30)42(33-11-5-2-6-12-33)44-38-16-8-14-32-13-7-15-37(41(32)38)43(39)44/h1-28H. The molecule has 8 aromatic rings. The van der Waals surface area contributed by atoms with Crippen LogP contribution in [0.4, 0.5) is 0 Å². The van der Waals surface area contributed by atoms with Crippen molar-refractivity contribution in [3.63, 3.8) is 0 Å². The Kier molecular flexibility index (Phi) is 6.17. The molecule has 0 radical (unpaired) electrons. The molecule has 2 nitrogen and oxygen atoms in total. The zero-order valence-corrected chi connectivity index (χ0v) is 25.1. The number of fused-ring (bicyclic) bond motifs is 3. The lowest BCUT2D eigenvalue weighted by molar-refractivity contribution is 1.33. The Labute approximate surface area is 268 Å². The van der Waals surface area contributed by atoms with E-state index in [4.69, 9.17) is 0 Å². The normalized spacial score (nSPS) is 11.5. The molecule has 0 bridgehead atoms. The third-order valence-electron chi connectivity index (χ3n) is 9.19. The van der Waals surface area contributed by atoms with Crippen molar-refractivity contribution in [2.45, 2.75) is 0 Å². The van der Waals surface area contributed by atoms with Crippen LogP contribution in [0, 0.1) is 0 Å². The maximum absolute atomic E-state index is 4.30. The second-order valence-corrected chi connectivity index (χ2v) is 11.8. The van der Waals surface area contributed by atoms with Crippen LogP contribution in [0.3, 0.4) is 0 Å². The van der Waals surface area contributed by atoms with Gasteiger partial charge >= 0.3 is 0 Å². The average molecular weight is 585 g/mol. The van der Waals surface area contributed by atoms with E-state index in [1.165, 1.54) is 66.4 Å². The van der Waals surface area contributed by atoms with Crippen molar-refractivity contribution in [3.05, 3.63) is 170 Å². The van der Waals surface area contributed by atoms with Crippen molar-refractivity contribution in [1.29, 1.82) is 0 Å². The Bertz CT molecular complexity index is 2320. The third kappa shape index (κ3) is 4.27. The molecule has 0 N–H and O–H groups in total. The van der Waals surface area contributed by atoms with E-state index in [1.807, 2.05) is 24.8 Å². The van der Waals surface area contributed by atoms with Gasteiger partial charge in [0.1, 0.15) is 0 Å². The van der Waals surface area contributed by atoms with Crippen LogP contribution in [0.5, 0.6) is 0 Å². The van der Waals surface area contributed by atoms with Gasteiger partial charge in [-0.2, -0.15) is 0 Å². The molecule has 0 spiro atoms. The van der Waals surface area contributed by atoms with E-state index in [-0.39, 0.29) is 0 Å². The Morgan fingerprint density at radius 2 is 0.783 bits per heavy atom. The number of aromatic nitrogens is 2. The van der Waals surface area contributed by atoms with Crippen LogP contribution < -0.4 is 0 Å². The van der Waals surface area contributed by atoms with Gasteiger partial charge in [-0.05, 0) is 137 Å². The summed E-state index contributed by atoms with van der Waals surface area (Å²) in [6.45, 7) is 0. The predicted octanol–water partition coefficient (Wildman–Crippen LogP) is 11.6. The van der Waals surface area contributed by atoms with E-state index in [0.29, 0.717) is 0 Å². The SMILES string of the molecule is c1ccc(-c2cc(-c3cc(-c4ccncc4)cc(-c4ccncc4)c3)c(-c3ccccc3)c3c2-c2cccc4cccc-3c24)cc1. The van der Waals surface area contributed by atoms with Crippen LogP contribution in [-0.4, -0.2) is 9.97 Å². The first-order valence-corrected chi connectivity index (χ1v) is 15.6. The topological polar surface area (TPSA) is 25.8 Å². The van der Waals surface area contributed by atoms with Gasteiger partial charge < -0.3 is 0 Å². The summed E-state index contributed by atoms with van der Waals surface area (Å²) in [5, 5.41) is 2.60. The first-order valence-electron chi connectivity index (χ1n) is 15.6. The highest BCUT2D eigenvalue weighted by Crippen LogP contribution is 2.57. The minimum atomic E-state index is 1.13. The number of benzene rings is 6. The fourth-order valence-electron chi connectivity index (χ4n) is 7.17. The highest BCUT2D eigenvalue weighted by molar-refractivity contribution is 6.22. The number of hydrogen-bond acceptors (Lipinski definition) is 2. The summed E-state index contributed by atoms with van der Waals surface area (Å²) in [7, 11) is 0. The molecule has 0 saturated carbocycles. The zero-order chi connectivity index (χ0) is 30.5. The summed E-state index contributed by atoms with van der Waals surface area (Å²) in [5.74, 6) is 0. The minimum absolute atomic E-state index is 1.13. The first kappa shape index (κ1) is 26.3. The molecule has 0 aliphatic heterocycles. The molecule has 0 fully saturated rings. The van der Waals surface area contributed by atoms with Gasteiger partial charge in [-0.1, -0.05) is 97.1 Å². The Morgan fingerprint density at radius 1 is 0.283 bits per heavy atom. The third-order valence-corrected chi connectivity index (χ3v) is 9.19. The van der Waals surface area contributed by atoms with Gasteiger partial charge in [-0.3, -0.25) is 9.97 Å². The van der Waals surface area contributed by atoms with Gasteiger partial charge in [0.05, 0.1) is 0 Å². The van der Waals surface area contributed by atoms with Crippen LogP contribution >= 0.6 is 0 Å². The molecule has 0 atom stereocenters. The second-order valence-electron chi connectivity index (χ2n) is 11.8. The van der Waals surface area contributed by atoms with Crippen LogP contribution in [0.25, 0.3) is 88.7 Å². The van der Waals surface area contributed by atoms with Crippen molar-refractivity contribution in [3.8, 4) is 77.9 Å². The van der Waals surface area contributed by atoms with E-state index >= 15 is 0 Å². The number of nitrogens with zero attached hydrogens (tertiary/aromatic N) is 2. The van der Waals surface area contributed by atoms with Crippen molar-refractivity contribution < 1.29 is 0 Å². The van der Waals surface area contributed by atoms with Gasteiger partial charge in [0.15, 0.2) is 0 Å². The molecule has 2 heteroatoms. The summed E-state index contributed by atoms with van der Waals surface area (Å²) >= 11 is 0. The monoisotopic (exact) mass is 584 g/mol. The molecule has 6 aromatic carbocycles. The smallest absolute Gasteiger partial charge is 0.0273 e. The number of rotatable bonds is 5. The highest BCUT2D eigenvalue weighted by atomic mass is 14.6. The predicted molar refractivity (Wildman–Crippen MR) is 191 cm³/mol. The number of hydrogen-bond donors (Lipinski definition) is 0. The van der Waals surface area contributed by atoms with Crippen molar-refractivity contribution >= 4 is 10.8 Å². The molecular formula is C44H28N2. The molecule has 214 valence electrons. The van der Waals surface area contributed by atoms with E-state index < -0.39 is 0 Å². The Hall–Kier alpha value is -6.12. The fourth-order valence-corrected chi connectivity index (χ4v) is 7.17. The van der Waals surface area contributed by atoms with Crippen molar-refractivity contribution in [2.24, 2.45) is 0 Å². The van der Waals surface area contributed by atoms with E-state index in [2.05, 4.69) is 156 Å². The molecule has 46 heavy (non-hydrogen) atoms. The summed E-state index contributed by atoms with van der Waals surface area (Å²) in [5.41, 5.74) is 17.1. The maximum Gasteiger partial charge on any atom is 0.0273 e. The molecule has 0 saturated heterocycles. The van der Waals surface area contributed by atoms with Crippen LogP contribution in [0.15, 0.2) is 170 Å². The highest BCUT2D eigenvalue weighted by Gasteiger charge is 2.30. The summed E-state index contributed by atoms with van der Waals surface area (Å²) < 4.78 is 0. The lowest BCUT2D eigenvalue weighted by atomic mass is 9.81. The lowest BCUT2D eigenvalue weighted by Crippen LogP contribution is -1.95. The minimum Gasteiger partial charge on any atom is -0.265 e. The molecule has 0 unspecified atom stereocenters. The van der Waals surface area contributed by atoms with Gasteiger partial charge in [0.2, 0.25) is 0 Å². The summed E-state index contributed by atoms with van der Waals surface area (Å²) in [6, 6.07) is 52.9. The maximum atomic E-state index is 4.30. The summed E-state index contributed by atoms with van der Waals surface area (Å²) in [6.07, 6.45) is 7.46. The molecule has 2 heterocycles. The van der Waals surface area contributed by atoms with Crippen LogP contribution in [0.2, 0.25) is 0 Å². The molecule has 9 rings (SSSR count). The quantitative estimate of drug-likeness (QED) is 0.201. The molecular weight excluding hydrogens is 556 g/mol. The van der Waals surface area contributed by atoms with Gasteiger partial charge in [0, 0.05) is 24.8 Å². The Morgan fingerprint density at radius 3 is 1.37 bits per heavy atom. The lowest BCUT2D eigenvalue weighted by Gasteiger charge is -2.22. The zero-order valence-electron chi connectivity index (χ0n) is 25.1. The Balaban J connectivity index is 1.44. The number of pyridine rings is 2. The molecule has 0 amide bonds. The van der Waals surface area contributed by atoms with E-state index in [9.17, 15) is 0 Å². The first-order chi connectivity index (χ1) is 22.8. The molecule has 1 aliphatic rings. The van der Waals surface area contributed by atoms with Crippen LogP contribution in [0.1, 0.15) is 0 Å². The van der Waals surface area contributed by atoms with Crippen LogP contribution in [-0.2, 0) is 0 Å². The van der Waals surface area contributed by atoms with Gasteiger partial charge in [0.25, 0.3) is 0 Å². The summed E-state index contributed by atoms with van der Waals surface area (Å²) in [4.78, 5) is 8.60. The van der Waals surface area contributed by atoms with Gasteiger partial charge in [-0.25, -0.2) is 0 Å².